The molecule has 4 N–H and O–H groups in total. The Bertz CT molecular complexity index is 855. The van der Waals surface area contributed by atoms with E-state index in [2.05, 4.69) is 10.4 Å². The summed E-state index contributed by atoms with van der Waals surface area (Å²) in [7, 11) is 0. The molecule has 9 nitrogen and oxygen atoms in total. The Kier molecular flexibility index (Phi) is 6.53. The number of carboxylic acid groups (broad SMARTS) is 1. The molecule has 0 spiro atoms. The van der Waals surface area contributed by atoms with Gasteiger partial charge in [-0.15, -0.1) is 0 Å². The van der Waals surface area contributed by atoms with Crippen LogP contribution in [0.5, 0.6) is 0 Å². The number of nitrogens with two attached hydrogens (primary N) is 1. The molecule has 2 rings (SSSR count). The van der Waals surface area contributed by atoms with Crippen LogP contribution in [0.1, 0.15) is 48.2 Å². The quantitative estimate of drug-likeness (QED) is 0.624. The van der Waals surface area contributed by atoms with Crippen molar-refractivity contribution in [3.8, 4) is 5.69 Å². The van der Waals surface area contributed by atoms with E-state index in [4.69, 9.17) is 10.5 Å². The number of carbonyl (C=O) groups excluding carboxylic acids is 2. The smallest absolute Gasteiger partial charge is 0.326 e. The van der Waals surface area contributed by atoms with Crippen molar-refractivity contribution in [2.75, 3.05) is 6.61 Å². The Balaban J connectivity index is 2.18. The molecule has 0 aliphatic carbocycles. The molecule has 0 fully saturated rings. The molecule has 1 aromatic carbocycles. The molecular formula is C19H24N4O5. The average Bonchev–Trinajstić information content (AvgIpc) is 3.06. The van der Waals surface area contributed by atoms with E-state index >= 15 is 0 Å². The first-order chi connectivity index (χ1) is 13.1. The number of nitrogens with one attached hydrogen (secondary N) is 1. The fraction of sp³-hybridized carbons (Fsp3) is 0.368. The van der Waals surface area contributed by atoms with Gasteiger partial charge in [-0.2, -0.15) is 5.10 Å². The van der Waals surface area contributed by atoms with E-state index in [-0.39, 0.29) is 24.4 Å². The number of aromatic nitrogens is 2. The van der Waals surface area contributed by atoms with Gasteiger partial charge in [0.1, 0.15) is 11.7 Å². The lowest BCUT2D eigenvalue weighted by Crippen LogP contribution is -2.42. The van der Waals surface area contributed by atoms with Gasteiger partial charge in [0, 0.05) is 19.1 Å². The van der Waals surface area contributed by atoms with Crippen molar-refractivity contribution in [3.63, 3.8) is 0 Å². The van der Waals surface area contributed by atoms with Crippen molar-refractivity contribution in [1.29, 1.82) is 0 Å². The zero-order valence-corrected chi connectivity index (χ0v) is 16.0. The van der Waals surface area contributed by atoms with E-state index in [1.165, 1.54) is 10.7 Å². The molecule has 150 valence electrons. The predicted octanol–water partition coefficient (Wildman–Crippen LogP) is 1.36. The molecule has 0 aliphatic rings. The predicted molar refractivity (Wildman–Crippen MR) is 101 cm³/mol. The molecule has 0 aliphatic heterocycles. The SMILES string of the molecule is CC(C)(C)OCCC(NC(=O)c1cc(C(N)=O)n(-c2ccccc2)n1)C(=O)O. The minimum atomic E-state index is -1.19. The number of rotatable bonds is 8. The van der Waals surface area contributed by atoms with Crippen molar-refractivity contribution in [3.05, 3.63) is 47.8 Å². The summed E-state index contributed by atoms with van der Waals surface area (Å²) in [6, 6.07) is 8.76. The molecule has 0 radical (unpaired) electrons. The molecule has 9 heteroatoms. The van der Waals surface area contributed by atoms with Crippen LogP contribution in [0.3, 0.4) is 0 Å². The van der Waals surface area contributed by atoms with Gasteiger partial charge in [0.25, 0.3) is 11.8 Å². The first kappa shape index (κ1) is 21.1. The van der Waals surface area contributed by atoms with Gasteiger partial charge in [0.15, 0.2) is 5.69 Å². The zero-order valence-electron chi connectivity index (χ0n) is 16.0. The molecular weight excluding hydrogens is 364 g/mol. The Morgan fingerprint density at radius 1 is 1.25 bits per heavy atom. The lowest BCUT2D eigenvalue weighted by molar-refractivity contribution is -0.140. The van der Waals surface area contributed by atoms with Crippen LogP contribution in [-0.2, 0) is 9.53 Å². The maximum atomic E-state index is 12.5. The van der Waals surface area contributed by atoms with E-state index in [0.717, 1.165) is 0 Å². The number of hydrogen-bond donors (Lipinski definition) is 3. The average molecular weight is 388 g/mol. The zero-order chi connectivity index (χ0) is 20.9. The monoisotopic (exact) mass is 388 g/mol. The summed E-state index contributed by atoms with van der Waals surface area (Å²) in [6.07, 6.45) is 0.0837. The number of benzene rings is 1. The van der Waals surface area contributed by atoms with Crippen molar-refractivity contribution in [2.45, 2.75) is 38.8 Å². The number of hydrogen-bond acceptors (Lipinski definition) is 5. The highest BCUT2D eigenvalue weighted by molar-refractivity contribution is 5.98. The minimum absolute atomic E-state index is 0.0132. The summed E-state index contributed by atoms with van der Waals surface area (Å²) in [5.41, 5.74) is 5.41. The summed E-state index contributed by atoms with van der Waals surface area (Å²) >= 11 is 0. The topological polar surface area (TPSA) is 137 Å². The summed E-state index contributed by atoms with van der Waals surface area (Å²) in [4.78, 5) is 35.7. The second-order valence-electron chi connectivity index (χ2n) is 7.14. The van der Waals surface area contributed by atoms with Gasteiger partial charge in [-0.05, 0) is 32.9 Å². The van der Waals surface area contributed by atoms with Crippen molar-refractivity contribution in [2.24, 2.45) is 5.73 Å². The van der Waals surface area contributed by atoms with Crippen molar-refractivity contribution in [1.82, 2.24) is 15.1 Å². The van der Waals surface area contributed by atoms with Gasteiger partial charge in [-0.3, -0.25) is 9.59 Å². The fourth-order valence-corrected chi connectivity index (χ4v) is 2.41. The van der Waals surface area contributed by atoms with Gasteiger partial charge < -0.3 is 20.9 Å². The highest BCUT2D eigenvalue weighted by Crippen LogP contribution is 2.13. The Labute approximate surface area is 162 Å². The number of carbonyl (C=O) groups is 3. The van der Waals surface area contributed by atoms with Gasteiger partial charge in [-0.25, -0.2) is 9.48 Å². The van der Waals surface area contributed by atoms with Crippen molar-refractivity contribution >= 4 is 17.8 Å². The van der Waals surface area contributed by atoms with Crippen LogP contribution in [0.2, 0.25) is 0 Å². The highest BCUT2D eigenvalue weighted by atomic mass is 16.5. The Morgan fingerprint density at radius 3 is 2.43 bits per heavy atom. The summed E-state index contributed by atoms with van der Waals surface area (Å²) in [5, 5.41) is 15.9. The number of nitrogens with zero attached hydrogens (tertiary/aromatic N) is 2. The summed E-state index contributed by atoms with van der Waals surface area (Å²) in [5.74, 6) is -2.67. The van der Waals surface area contributed by atoms with Crippen LogP contribution >= 0.6 is 0 Å². The standard InChI is InChI=1S/C19H24N4O5/c1-19(2,3)28-10-9-13(18(26)27)21-17(25)14-11-15(16(20)24)23(22-14)12-7-5-4-6-8-12/h4-8,11,13H,9-10H2,1-3H3,(H2,20,24)(H,21,25)(H,26,27). The van der Waals surface area contributed by atoms with Gasteiger partial charge in [-0.1, -0.05) is 18.2 Å². The molecule has 0 saturated carbocycles. The van der Waals surface area contributed by atoms with Crippen LogP contribution < -0.4 is 11.1 Å². The Hall–Kier alpha value is -3.20. The third kappa shape index (κ3) is 5.65. The number of para-hydroxylation sites is 1. The maximum absolute atomic E-state index is 12.5. The number of ether oxygens (including phenoxy) is 1. The normalized spacial score (nSPS) is 12.4. The van der Waals surface area contributed by atoms with Crippen LogP contribution in [0.25, 0.3) is 5.69 Å². The lowest BCUT2D eigenvalue weighted by atomic mass is 10.1. The minimum Gasteiger partial charge on any atom is -0.480 e. The number of primary amides is 1. The van der Waals surface area contributed by atoms with E-state index in [0.29, 0.717) is 5.69 Å². The molecule has 2 aromatic rings. The highest BCUT2D eigenvalue weighted by Gasteiger charge is 2.25. The number of carboxylic acids is 1. The third-order valence-electron chi connectivity index (χ3n) is 3.74. The van der Waals surface area contributed by atoms with Gasteiger partial charge in [0.05, 0.1) is 11.3 Å². The van der Waals surface area contributed by atoms with E-state index < -0.39 is 29.4 Å². The maximum Gasteiger partial charge on any atom is 0.326 e. The second-order valence-corrected chi connectivity index (χ2v) is 7.14. The molecule has 1 aromatic heterocycles. The van der Waals surface area contributed by atoms with Gasteiger partial charge >= 0.3 is 5.97 Å². The fourth-order valence-electron chi connectivity index (χ4n) is 2.41. The Morgan fingerprint density at radius 2 is 1.89 bits per heavy atom. The van der Waals surface area contributed by atoms with Crippen LogP contribution in [0.4, 0.5) is 0 Å². The summed E-state index contributed by atoms with van der Waals surface area (Å²) < 4.78 is 6.76. The van der Waals surface area contributed by atoms with E-state index in [1.54, 1.807) is 30.3 Å². The molecule has 28 heavy (non-hydrogen) atoms. The van der Waals surface area contributed by atoms with Crippen LogP contribution in [0.15, 0.2) is 36.4 Å². The molecule has 2 amide bonds. The molecule has 1 heterocycles. The van der Waals surface area contributed by atoms with Crippen LogP contribution in [-0.4, -0.2) is 50.9 Å². The molecule has 1 unspecified atom stereocenters. The third-order valence-corrected chi connectivity index (χ3v) is 3.74. The molecule has 0 saturated heterocycles. The molecule has 1 atom stereocenters. The van der Waals surface area contributed by atoms with Crippen LogP contribution in [0, 0.1) is 0 Å². The van der Waals surface area contributed by atoms with Crippen molar-refractivity contribution < 1.29 is 24.2 Å². The number of amides is 2. The van der Waals surface area contributed by atoms with E-state index in [1.807, 2.05) is 20.8 Å². The summed E-state index contributed by atoms with van der Waals surface area (Å²) in [6.45, 7) is 5.71. The molecule has 0 bridgehead atoms. The lowest BCUT2D eigenvalue weighted by Gasteiger charge is -2.21. The van der Waals surface area contributed by atoms with Gasteiger partial charge in [0.2, 0.25) is 0 Å². The van der Waals surface area contributed by atoms with E-state index in [9.17, 15) is 19.5 Å². The first-order valence-electron chi connectivity index (χ1n) is 8.71. The largest absolute Gasteiger partial charge is 0.480 e. The number of aliphatic carboxylic acids is 1. The first-order valence-corrected chi connectivity index (χ1v) is 8.71. The second kappa shape index (κ2) is 8.66.